The third-order valence-electron chi connectivity index (χ3n) is 5.77. The Kier molecular flexibility index (Phi) is 10.3. The van der Waals surface area contributed by atoms with Crippen molar-refractivity contribution < 1.29 is 33.3 Å². The average molecular weight is 623 g/mol. The molecule has 0 spiro atoms. The van der Waals surface area contributed by atoms with Crippen LogP contribution in [-0.4, -0.2) is 73.6 Å². The number of rotatable bonds is 8. The SMILES string of the molecule is CC(=O)OC[C@H]1O[C@H](C(=Nc2c(C)cccc2C)[Te]c2ccc(C)cc2)C[C@H](OC(C)=O)[C@@H]1OC(C)=O. The number of hydrogen-bond acceptors (Lipinski definition) is 8. The van der Waals surface area contributed by atoms with Crippen LogP contribution in [0.1, 0.15) is 43.9 Å². The van der Waals surface area contributed by atoms with Gasteiger partial charge in [0.1, 0.15) is 0 Å². The van der Waals surface area contributed by atoms with Gasteiger partial charge in [-0.1, -0.05) is 0 Å². The second kappa shape index (κ2) is 13.2. The molecule has 0 saturated carbocycles. The van der Waals surface area contributed by atoms with Crippen LogP contribution in [0, 0.1) is 20.8 Å². The number of nitrogens with zero attached hydrogens (tertiary/aromatic N) is 1. The number of aliphatic imine (C=N–C) groups is 1. The van der Waals surface area contributed by atoms with Crippen LogP contribution in [0.25, 0.3) is 0 Å². The number of carbonyl (C=O) groups is 3. The molecule has 198 valence electrons. The molecule has 0 bridgehead atoms. The van der Waals surface area contributed by atoms with E-state index in [0.29, 0.717) is 0 Å². The first-order chi connectivity index (χ1) is 17.5. The summed E-state index contributed by atoms with van der Waals surface area (Å²) in [7, 11) is 0. The topological polar surface area (TPSA) is 100 Å². The summed E-state index contributed by atoms with van der Waals surface area (Å²) < 4.78 is 24.8. The molecular weight excluding hydrogens is 590 g/mol. The average Bonchev–Trinajstić information content (AvgIpc) is 2.81. The fraction of sp³-hybridized carbons (Fsp3) is 0.429. The van der Waals surface area contributed by atoms with Crippen LogP contribution in [0.15, 0.2) is 47.5 Å². The minimum absolute atomic E-state index is 0.149. The van der Waals surface area contributed by atoms with E-state index in [1.165, 1.54) is 29.9 Å². The van der Waals surface area contributed by atoms with Crippen LogP contribution in [0.3, 0.4) is 0 Å². The van der Waals surface area contributed by atoms with E-state index in [-0.39, 0.29) is 13.0 Å². The van der Waals surface area contributed by atoms with Gasteiger partial charge in [-0.15, -0.1) is 0 Å². The van der Waals surface area contributed by atoms with Crippen molar-refractivity contribution in [2.75, 3.05) is 6.61 Å². The van der Waals surface area contributed by atoms with Crippen LogP contribution in [-0.2, 0) is 33.3 Å². The minimum atomic E-state index is -1.00. The van der Waals surface area contributed by atoms with Crippen molar-refractivity contribution in [2.45, 2.75) is 72.4 Å². The molecule has 0 amide bonds. The second-order valence-electron chi connectivity index (χ2n) is 9.03. The van der Waals surface area contributed by atoms with Gasteiger partial charge in [-0.25, -0.2) is 0 Å². The van der Waals surface area contributed by atoms with Crippen molar-refractivity contribution in [3.05, 3.63) is 59.2 Å². The van der Waals surface area contributed by atoms with Crippen LogP contribution in [0.5, 0.6) is 0 Å². The van der Waals surface area contributed by atoms with Crippen molar-refractivity contribution in [1.29, 1.82) is 0 Å². The van der Waals surface area contributed by atoms with Gasteiger partial charge in [0.2, 0.25) is 0 Å². The van der Waals surface area contributed by atoms with E-state index in [2.05, 4.69) is 24.3 Å². The van der Waals surface area contributed by atoms with Crippen LogP contribution < -0.4 is 3.61 Å². The van der Waals surface area contributed by atoms with Gasteiger partial charge in [-0.2, -0.15) is 0 Å². The van der Waals surface area contributed by atoms with Crippen molar-refractivity contribution in [1.82, 2.24) is 0 Å². The number of para-hydroxylation sites is 1. The Balaban J connectivity index is 2.05. The molecule has 0 aliphatic carbocycles. The van der Waals surface area contributed by atoms with Gasteiger partial charge >= 0.3 is 228 Å². The number of benzene rings is 2. The normalized spacial score (nSPS) is 21.7. The van der Waals surface area contributed by atoms with Gasteiger partial charge in [-0.3, -0.25) is 0 Å². The first kappa shape index (κ1) is 28.8. The maximum atomic E-state index is 12.0. The van der Waals surface area contributed by atoms with Gasteiger partial charge in [0.05, 0.1) is 0 Å². The summed E-state index contributed by atoms with van der Waals surface area (Å²) in [5.74, 6) is -1.54. The van der Waals surface area contributed by atoms with Crippen molar-refractivity contribution in [2.24, 2.45) is 4.99 Å². The number of carbonyl (C=O) groups excluding carboxylic acids is 3. The Hall–Kier alpha value is -2.73. The molecule has 0 radical (unpaired) electrons. The molecule has 3 rings (SSSR count). The van der Waals surface area contributed by atoms with Crippen LogP contribution in [0.2, 0.25) is 0 Å². The van der Waals surface area contributed by atoms with E-state index in [1.54, 1.807) is 0 Å². The fourth-order valence-electron chi connectivity index (χ4n) is 4.07. The van der Waals surface area contributed by atoms with E-state index in [0.717, 1.165) is 20.6 Å². The number of esters is 3. The quantitative estimate of drug-likeness (QED) is 0.193. The summed E-state index contributed by atoms with van der Waals surface area (Å²) in [6.45, 7) is 9.80. The summed E-state index contributed by atoms with van der Waals surface area (Å²) in [6, 6.07) is 14.4. The summed E-state index contributed by atoms with van der Waals surface area (Å²) in [5.41, 5.74) is 4.12. The third-order valence-corrected chi connectivity index (χ3v) is 8.83. The van der Waals surface area contributed by atoms with E-state index >= 15 is 0 Å². The van der Waals surface area contributed by atoms with E-state index < -0.39 is 63.2 Å². The Morgan fingerprint density at radius 1 is 0.919 bits per heavy atom. The number of ether oxygens (including phenoxy) is 4. The zero-order chi connectivity index (χ0) is 27.1. The molecule has 2 aromatic carbocycles. The van der Waals surface area contributed by atoms with Gasteiger partial charge in [-0.05, 0) is 0 Å². The molecule has 8 nitrogen and oxygen atoms in total. The molecule has 1 fully saturated rings. The molecule has 1 heterocycles. The van der Waals surface area contributed by atoms with Crippen LogP contribution in [0.4, 0.5) is 5.69 Å². The summed E-state index contributed by atoms with van der Waals surface area (Å²) >= 11 is -1.00. The van der Waals surface area contributed by atoms with Gasteiger partial charge in [0, 0.05) is 0 Å². The first-order valence-corrected chi connectivity index (χ1v) is 14.4. The zero-order valence-electron chi connectivity index (χ0n) is 22.0. The Morgan fingerprint density at radius 2 is 1.54 bits per heavy atom. The van der Waals surface area contributed by atoms with Gasteiger partial charge in [0.25, 0.3) is 0 Å². The number of hydrogen-bond donors (Lipinski definition) is 0. The molecule has 0 N–H and O–H groups in total. The van der Waals surface area contributed by atoms with Crippen LogP contribution >= 0.6 is 0 Å². The summed E-state index contributed by atoms with van der Waals surface area (Å²) in [6.07, 6.45) is -2.80. The maximum absolute atomic E-state index is 12.0. The zero-order valence-corrected chi connectivity index (χ0v) is 24.3. The fourth-order valence-corrected chi connectivity index (χ4v) is 6.74. The first-order valence-electron chi connectivity index (χ1n) is 12.1. The second-order valence-corrected chi connectivity index (χ2v) is 12.2. The van der Waals surface area contributed by atoms with Crippen molar-refractivity contribution >= 4 is 51.9 Å². The third kappa shape index (κ3) is 8.39. The predicted octanol–water partition coefficient (Wildman–Crippen LogP) is 3.26. The monoisotopic (exact) mass is 625 g/mol. The molecule has 0 aromatic heterocycles. The van der Waals surface area contributed by atoms with Crippen molar-refractivity contribution in [3.63, 3.8) is 0 Å². The van der Waals surface area contributed by atoms with Gasteiger partial charge < -0.3 is 0 Å². The molecule has 4 atom stereocenters. The van der Waals surface area contributed by atoms with E-state index in [4.69, 9.17) is 23.9 Å². The molecule has 1 saturated heterocycles. The Bertz CT molecular complexity index is 1140. The molecule has 9 heteroatoms. The Morgan fingerprint density at radius 3 is 2.11 bits per heavy atom. The van der Waals surface area contributed by atoms with E-state index in [9.17, 15) is 14.4 Å². The van der Waals surface area contributed by atoms with Gasteiger partial charge in [0.15, 0.2) is 0 Å². The van der Waals surface area contributed by atoms with Crippen molar-refractivity contribution in [3.8, 4) is 0 Å². The molecule has 1 aliphatic rings. The molecular formula is C28H33NO7Te. The molecule has 1 aliphatic heterocycles. The Labute approximate surface area is 227 Å². The molecule has 0 unspecified atom stereocenters. The number of aryl methyl sites for hydroxylation is 3. The predicted molar refractivity (Wildman–Crippen MR) is 141 cm³/mol. The van der Waals surface area contributed by atoms with E-state index in [1.807, 2.05) is 39.0 Å². The molecule has 2 aromatic rings. The standard InChI is InChI=1S/C28H33NO7Te/c1-16-10-12-22(13-11-16)37-28(29-26-17(2)8-7-9-18(26)3)24-14-23(34-20(5)31)27(35-21(6)32)25(36-24)15-33-19(4)30/h7-13,23-25,27H,14-15H2,1-6H3/t23-,24-,25+,27-/m0/s1. The summed E-state index contributed by atoms with van der Waals surface area (Å²) in [5, 5.41) is 0. The molecule has 37 heavy (non-hydrogen) atoms. The summed E-state index contributed by atoms with van der Waals surface area (Å²) in [4.78, 5) is 40.6.